The van der Waals surface area contributed by atoms with Gasteiger partial charge in [-0.1, -0.05) is 35.9 Å². The van der Waals surface area contributed by atoms with E-state index < -0.39 is 5.63 Å². The van der Waals surface area contributed by atoms with E-state index in [0.717, 1.165) is 35.2 Å². The normalized spacial score (nSPS) is 16.2. The highest BCUT2D eigenvalue weighted by Gasteiger charge is 2.21. The fourth-order valence-electron chi connectivity index (χ4n) is 4.74. The van der Waals surface area contributed by atoms with Crippen molar-refractivity contribution in [1.29, 1.82) is 0 Å². The number of hydrogen-bond acceptors (Lipinski definition) is 5. The minimum absolute atomic E-state index is 0.0394. The van der Waals surface area contributed by atoms with Crippen molar-refractivity contribution < 1.29 is 14.3 Å². The molecule has 0 aliphatic carbocycles. The highest BCUT2D eigenvalue weighted by Crippen LogP contribution is 2.37. The van der Waals surface area contributed by atoms with E-state index >= 15 is 0 Å². The molecule has 0 bridgehead atoms. The van der Waals surface area contributed by atoms with E-state index in [0.29, 0.717) is 34.4 Å². The molecule has 1 aromatic heterocycles. The Morgan fingerprint density at radius 1 is 1.03 bits per heavy atom. The Morgan fingerprint density at radius 2 is 1.74 bits per heavy atom. The largest absolute Gasteiger partial charge is 0.508 e. The molecule has 1 unspecified atom stereocenters. The number of phenols is 1. The maximum absolute atomic E-state index is 13.1. The van der Waals surface area contributed by atoms with Gasteiger partial charge in [0.25, 0.3) is 0 Å². The average Bonchev–Trinajstić information content (AvgIpc) is 3.24. The molecule has 1 aliphatic rings. The van der Waals surface area contributed by atoms with Crippen LogP contribution in [0.15, 0.2) is 75.9 Å². The molecule has 4 aromatic rings. The molecule has 6 heteroatoms. The summed E-state index contributed by atoms with van der Waals surface area (Å²) < 4.78 is 11.6. The third-order valence-corrected chi connectivity index (χ3v) is 6.81. The van der Waals surface area contributed by atoms with Crippen LogP contribution in [0.25, 0.3) is 33.2 Å². The first-order valence-corrected chi connectivity index (χ1v) is 11.9. The summed E-state index contributed by atoms with van der Waals surface area (Å²) in [4.78, 5) is 15.5. The Hall–Kier alpha value is -3.28. The molecule has 1 N–H and O–H groups in total. The number of hydrogen-bond donors (Lipinski definition) is 1. The lowest BCUT2D eigenvalue weighted by molar-refractivity contribution is 0.233. The Bertz CT molecular complexity index is 1360. The van der Waals surface area contributed by atoms with Gasteiger partial charge >= 0.3 is 5.63 Å². The molecule has 5 nitrogen and oxygen atoms in total. The minimum Gasteiger partial charge on any atom is -0.508 e. The van der Waals surface area contributed by atoms with Gasteiger partial charge in [-0.2, -0.15) is 0 Å². The van der Waals surface area contributed by atoms with Crippen molar-refractivity contribution in [1.82, 2.24) is 4.90 Å². The van der Waals surface area contributed by atoms with Gasteiger partial charge in [-0.05, 0) is 80.4 Å². The number of fused-ring (bicyclic) bond motifs is 1. The predicted octanol–water partition coefficient (Wildman–Crippen LogP) is 6.35. The maximum atomic E-state index is 13.1. The molecule has 34 heavy (non-hydrogen) atoms. The molecular weight excluding hydrogens is 450 g/mol. The van der Waals surface area contributed by atoms with Crippen molar-refractivity contribution in [2.45, 2.75) is 25.3 Å². The minimum atomic E-state index is -0.476. The second-order valence-electron chi connectivity index (χ2n) is 8.77. The number of phenolic OH excluding ortho intramolecular Hbond substituents is 1. The lowest BCUT2D eigenvalue weighted by Gasteiger charge is -2.19. The topological polar surface area (TPSA) is 62.9 Å². The Morgan fingerprint density at radius 3 is 2.44 bits per heavy atom. The highest BCUT2D eigenvalue weighted by atomic mass is 35.5. The molecular formula is C28H26ClNO4. The van der Waals surface area contributed by atoms with Gasteiger partial charge in [0, 0.05) is 28.1 Å². The van der Waals surface area contributed by atoms with E-state index in [-0.39, 0.29) is 5.75 Å². The predicted molar refractivity (Wildman–Crippen MR) is 136 cm³/mol. The van der Waals surface area contributed by atoms with Crippen LogP contribution in [-0.2, 0) is 0 Å². The van der Waals surface area contributed by atoms with Crippen molar-refractivity contribution in [3.8, 4) is 33.8 Å². The summed E-state index contributed by atoms with van der Waals surface area (Å²) in [6.07, 6.45) is 3.49. The number of likely N-dealkylation sites (tertiary alicyclic amines) is 1. The molecule has 1 aliphatic heterocycles. The molecule has 0 radical (unpaired) electrons. The van der Waals surface area contributed by atoms with E-state index in [2.05, 4.69) is 11.9 Å². The number of nitrogens with zero attached hydrogens (tertiary/aromatic N) is 1. The SMILES string of the molecule is CN1CCCC1CCOc1ccc(-c2c(-c3ccc(Cl)cc3)c(=O)oc3cc(O)ccc23)cc1. The number of halogens is 1. The van der Waals surface area contributed by atoms with Gasteiger partial charge in [0.05, 0.1) is 12.2 Å². The van der Waals surface area contributed by atoms with E-state index in [9.17, 15) is 9.90 Å². The van der Waals surface area contributed by atoms with Gasteiger partial charge in [0.15, 0.2) is 0 Å². The van der Waals surface area contributed by atoms with Crippen molar-refractivity contribution in [3.05, 3.63) is 82.2 Å². The molecule has 0 saturated carbocycles. The molecule has 1 fully saturated rings. The number of rotatable bonds is 6. The number of aromatic hydroxyl groups is 1. The van der Waals surface area contributed by atoms with E-state index in [4.69, 9.17) is 20.8 Å². The smallest absolute Gasteiger partial charge is 0.344 e. The standard InChI is InChI=1S/C28H26ClNO4/c1-30-15-2-3-21(30)14-16-33-23-11-6-18(7-12-23)26-24-13-10-22(31)17-25(24)34-28(32)27(26)19-4-8-20(29)9-5-19/h4-13,17,21,31H,2-3,14-16H2,1H3. The lowest BCUT2D eigenvalue weighted by Crippen LogP contribution is -2.26. The molecule has 3 aromatic carbocycles. The quantitative estimate of drug-likeness (QED) is 0.329. The van der Waals surface area contributed by atoms with Crippen LogP contribution in [0.5, 0.6) is 11.5 Å². The zero-order chi connectivity index (χ0) is 23.7. The van der Waals surface area contributed by atoms with Crippen molar-refractivity contribution in [3.63, 3.8) is 0 Å². The van der Waals surface area contributed by atoms with Crippen molar-refractivity contribution >= 4 is 22.6 Å². The third kappa shape index (κ3) is 4.54. The van der Waals surface area contributed by atoms with Crippen LogP contribution in [0.4, 0.5) is 0 Å². The molecule has 5 rings (SSSR count). The van der Waals surface area contributed by atoms with Crippen LogP contribution < -0.4 is 10.4 Å². The number of ether oxygens (including phenoxy) is 1. The third-order valence-electron chi connectivity index (χ3n) is 6.56. The molecule has 2 heterocycles. The molecule has 0 spiro atoms. The van der Waals surface area contributed by atoms with Crippen LogP contribution in [0.2, 0.25) is 5.02 Å². The second-order valence-corrected chi connectivity index (χ2v) is 9.20. The summed E-state index contributed by atoms with van der Waals surface area (Å²) in [5.74, 6) is 0.833. The fraction of sp³-hybridized carbons (Fsp3) is 0.250. The molecule has 1 atom stereocenters. The van der Waals surface area contributed by atoms with Crippen LogP contribution >= 0.6 is 11.6 Å². The average molecular weight is 476 g/mol. The van der Waals surface area contributed by atoms with Gasteiger partial charge in [-0.25, -0.2) is 4.79 Å². The second kappa shape index (κ2) is 9.53. The lowest BCUT2D eigenvalue weighted by atomic mass is 9.93. The molecule has 174 valence electrons. The molecule has 0 amide bonds. The van der Waals surface area contributed by atoms with Gasteiger partial charge in [0.1, 0.15) is 17.1 Å². The summed E-state index contributed by atoms with van der Waals surface area (Å²) in [6.45, 7) is 1.83. The maximum Gasteiger partial charge on any atom is 0.344 e. The Kier molecular flexibility index (Phi) is 6.31. The first-order chi connectivity index (χ1) is 16.5. The van der Waals surface area contributed by atoms with Crippen molar-refractivity contribution in [2.75, 3.05) is 20.2 Å². The van der Waals surface area contributed by atoms with Crippen LogP contribution in [0.1, 0.15) is 19.3 Å². The van der Waals surface area contributed by atoms with Crippen molar-refractivity contribution in [2.24, 2.45) is 0 Å². The van der Waals surface area contributed by atoms with E-state index in [1.807, 2.05) is 36.4 Å². The van der Waals surface area contributed by atoms with Gasteiger partial charge in [-0.15, -0.1) is 0 Å². The summed E-state index contributed by atoms with van der Waals surface area (Å²) in [7, 11) is 2.17. The van der Waals surface area contributed by atoms with Crippen LogP contribution in [0, 0.1) is 0 Å². The zero-order valence-corrected chi connectivity index (χ0v) is 19.7. The summed E-state index contributed by atoms with van der Waals surface area (Å²) >= 11 is 6.07. The van der Waals surface area contributed by atoms with Crippen LogP contribution in [-0.4, -0.2) is 36.2 Å². The van der Waals surface area contributed by atoms with E-state index in [1.165, 1.54) is 18.9 Å². The van der Waals surface area contributed by atoms with Gasteiger partial charge in [-0.3, -0.25) is 0 Å². The number of benzene rings is 3. The zero-order valence-electron chi connectivity index (χ0n) is 19.0. The first-order valence-electron chi connectivity index (χ1n) is 11.5. The Balaban J connectivity index is 1.51. The monoisotopic (exact) mass is 475 g/mol. The Labute approximate surface area is 203 Å². The van der Waals surface area contributed by atoms with E-state index in [1.54, 1.807) is 24.3 Å². The van der Waals surface area contributed by atoms with Gasteiger partial charge < -0.3 is 19.2 Å². The highest BCUT2D eigenvalue weighted by molar-refractivity contribution is 6.30. The summed E-state index contributed by atoms with van der Waals surface area (Å²) in [5.41, 5.74) is 2.62. The fourth-order valence-corrected chi connectivity index (χ4v) is 4.87. The van der Waals surface area contributed by atoms with Gasteiger partial charge in [0.2, 0.25) is 0 Å². The summed E-state index contributed by atoms with van der Waals surface area (Å²) in [5, 5.41) is 11.2. The first kappa shape index (κ1) is 22.5. The summed E-state index contributed by atoms with van der Waals surface area (Å²) in [6, 6.07) is 20.3. The molecule has 1 saturated heterocycles. The van der Waals surface area contributed by atoms with Crippen LogP contribution in [0.3, 0.4) is 0 Å².